The van der Waals surface area contributed by atoms with E-state index in [0.717, 1.165) is 70.6 Å². The van der Waals surface area contributed by atoms with E-state index in [1.54, 1.807) is 0 Å². The van der Waals surface area contributed by atoms with Gasteiger partial charge in [-0.3, -0.25) is 14.4 Å². The summed E-state index contributed by atoms with van der Waals surface area (Å²) in [6, 6.07) is 0. The Kier molecular flexibility index (Phi) is 46.4. The highest BCUT2D eigenvalue weighted by molar-refractivity contribution is 5.71. The Morgan fingerprint density at radius 3 is 0.898 bits per heavy atom. The van der Waals surface area contributed by atoms with Crippen molar-refractivity contribution in [2.75, 3.05) is 13.2 Å². The van der Waals surface area contributed by atoms with Crippen LogP contribution >= 0.6 is 0 Å². The SMILES string of the molecule is CCCC/C=C\CCCCCCCC(=O)OC(COC(=O)CCCCCCCCC/C=C\CCCCCC)COC(=O)CCCCCCCCC/C=C\CCCCCC. The first-order valence-corrected chi connectivity index (χ1v) is 25.5. The molecule has 344 valence electrons. The van der Waals surface area contributed by atoms with Gasteiger partial charge >= 0.3 is 17.9 Å². The van der Waals surface area contributed by atoms with Crippen molar-refractivity contribution in [1.82, 2.24) is 0 Å². The predicted molar refractivity (Wildman–Crippen MR) is 252 cm³/mol. The number of carbonyl (C=O) groups excluding carboxylic acids is 3. The molecule has 0 aromatic rings. The molecule has 0 aliphatic rings. The van der Waals surface area contributed by atoms with Crippen LogP contribution in [0.1, 0.15) is 265 Å². The van der Waals surface area contributed by atoms with Gasteiger partial charge in [0.05, 0.1) is 0 Å². The molecule has 0 atom stereocenters. The molecule has 0 aliphatic heterocycles. The van der Waals surface area contributed by atoms with E-state index in [2.05, 4.69) is 57.2 Å². The summed E-state index contributed by atoms with van der Waals surface area (Å²) < 4.78 is 16.8. The van der Waals surface area contributed by atoms with Gasteiger partial charge in [-0.1, -0.05) is 192 Å². The summed E-state index contributed by atoms with van der Waals surface area (Å²) in [5.74, 6) is -0.889. The van der Waals surface area contributed by atoms with Crippen LogP contribution in [0.15, 0.2) is 36.5 Å². The van der Waals surface area contributed by atoms with Crippen molar-refractivity contribution < 1.29 is 28.6 Å². The first-order valence-electron chi connectivity index (χ1n) is 25.5. The second kappa shape index (κ2) is 48.3. The second-order valence-electron chi connectivity index (χ2n) is 17.1. The van der Waals surface area contributed by atoms with E-state index in [1.165, 1.54) is 154 Å². The van der Waals surface area contributed by atoms with Gasteiger partial charge in [0.2, 0.25) is 0 Å². The van der Waals surface area contributed by atoms with E-state index in [-0.39, 0.29) is 31.1 Å². The molecule has 0 heterocycles. The van der Waals surface area contributed by atoms with Gasteiger partial charge in [0.25, 0.3) is 0 Å². The van der Waals surface area contributed by atoms with Crippen molar-refractivity contribution in [1.29, 1.82) is 0 Å². The van der Waals surface area contributed by atoms with Gasteiger partial charge < -0.3 is 14.2 Å². The van der Waals surface area contributed by atoms with Crippen LogP contribution in [0.4, 0.5) is 0 Å². The molecule has 0 radical (unpaired) electrons. The summed E-state index contributed by atoms with van der Waals surface area (Å²) in [6.45, 7) is 6.57. The molecular formula is C53H96O6. The Morgan fingerprint density at radius 1 is 0.322 bits per heavy atom. The minimum atomic E-state index is -0.776. The van der Waals surface area contributed by atoms with Gasteiger partial charge in [-0.25, -0.2) is 0 Å². The summed E-state index contributed by atoms with van der Waals surface area (Å²) in [4.78, 5) is 37.9. The number of ether oxygens (including phenoxy) is 3. The molecule has 0 saturated carbocycles. The van der Waals surface area contributed by atoms with Crippen molar-refractivity contribution in [2.45, 2.75) is 271 Å². The molecule has 6 heteroatoms. The lowest BCUT2D eigenvalue weighted by molar-refractivity contribution is -0.167. The first kappa shape index (κ1) is 56.6. The van der Waals surface area contributed by atoms with Gasteiger partial charge in [0.15, 0.2) is 6.10 Å². The monoisotopic (exact) mass is 829 g/mol. The third kappa shape index (κ3) is 46.5. The van der Waals surface area contributed by atoms with Crippen molar-refractivity contribution in [2.24, 2.45) is 0 Å². The van der Waals surface area contributed by atoms with Crippen LogP contribution in [0.5, 0.6) is 0 Å². The van der Waals surface area contributed by atoms with E-state index < -0.39 is 6.10 Å². The summed E-state index contributed by atoms with van der Waals surface area (Å²) in [5.41, 5.74) is 0. The maximum absolute atomic E-state index is 12.7. The summed E-state index contributed by atoms with van der Waals surface area (Å²) in [6.07, 6.45) is 55.5. The van der Waals surface area contributed by atoms with Crippen LogP contribution in [-0.2, 0) is 28.6 Å². The molecule has 0 aromatic carbocycles. The minimum absolute atomic E-state index is 0.0778. The van der Waals surface area contributed by atoms with Crippen LogP contribution in [0.3, 0.4) is 0 Å². The van der Waals surface area contributed by atoms with Crippen molar-refractivity contribution >= 4 is 17.9 Å². The van der Waals surface area contributed by atoms with E-state index in [1.807, 2.05) is 0 Å². The molecular weight excluding hydrogens is 733 g/mol. The number of rotatable bonds is 46. The summed E-state index contributed by atoms with van der Waals surface area (Å²) >= 11 is 0. The highest BCUT2D eigenvalue weighted by Crippen LogP contribution is 2.14. The number of unbranched alkanes of at least 4 members (excludes halogenated alkanes) is 29. The average molecular weight is 829 g/mol. The van der Waals surface area contributed by atoms with Gasteiger partial charge in [-0.05, 0) is 89.9 Å². The average Bonchev–Trinajstić information content (AvgIpc) is 3.23. The van der Waals surface area contributed by atoms with Crippen LogP contribution in [0, 0.1) is 0 Å². The third-order valence-corrected chi connectivity index (χ3v) is 11.1. The fraction of sp³-hybridized carbons (Fsp3) is 0.830. The zero-order valence-electron chi connectivity index (χ0n) is 39.3. The standard InChI is InChI=1S/C53H96O6/c1-4-7-10-13-16-19-22-24-26-28-31-33-36-39-42-45-51(54)57-48-50(59-53(56)47-44-41-38-35-30-21-18-15-12-9-6-3)49-58-52(55)46-43-40-37-34-32-29-27-25-23-20-17-14-11-8-5-2/h15,18-20,22-23,50H,4-14,16-17,21,24-49H2,1-3H3/b18-15-,22-19-,23-20-. The fourth-order valence-corrected chi connectivity index (χ4v) is 7.18. The van der Waals surface area contributed by atoms with E-state index >= 15 is 0 Å². The minimum Gasteiger partial charge on any atom is -0.462 e. The molecule has 0 rings (SSSR count). The highest BCUT2D eigenvalue weighted by atomic mass is 16.6. The normalized spacial score (nSPS) is 11.8. The molecule has 0 saturated heterocycles. The lowest BCUT2D eigenvalue weighted by Gasteiger charge is -2.18. The Balaban J connectivity index is 4.35. The van der Waals surface area contributed by atoms with Gasteiger partial charge in [-0.15, -0.1) is 0 Å². The summed E-state index contributed by atoms with van der Waals surface area (Å²) in [5, 5.41) is 0. The van der Waals surface area contributed by atoms with Crippen molar-refractivity contribution in [3.05, 3.63) is 36.5 Å². The van der Waals surface area contributed by atoms with Crippen LogP contribution in [-0.4, -0.2) is 37.2 Å². The van der Waals surface area contributed by atoms with Gasteiger partial charge in [0.1, 0.15) is 13.2 Å². The molecule has 0 fully saturated rings. The summed E-state index contributed by atoms with van der Waals surface area (Å²) in [7, 11) is 0. The van der Waals surface area contributed by atoms with Crippen molar-refractivity contribution in [3.63, 3.8) is 0 Å². The topological polar surface area (TPSA) is 78.9 Å². The highest BCUT2D eigenvalue weighted by Gasteiger charge is 2.19. The molecule has 0 aliphatic carbocycles. The Labute approximate surface area is 365 Å². The number of esters is 3. The largest absolute Gasteiger partial charge is 0.462 e. The zero-order valence-corrected chi connectivity index (χ0v) is 39.3. The maximum Gasteiger partial charge on any atom is 0.306 e. The Hall–Kier alpha value is -2.37. The fourth-order valence-electron chi connectivity index (χ4n) is 7.18. The molecule has 6 nitrogen and oxygen atoms in total. The first-order chi connectivity index (χ1) is 29.0. The number of hydrogen-bond donors (Lipinski definition) is 0. The second-order valence-corrected chi connectivity index (χ2v) is 17.1. The maximum atomic E-state index is 12.7. The van der Waals surface area contributed by atoms with Gasteiger partial charge in [-0.2, -0.15) is 0 Å². The molecule has 0 bridgehead atoms. The molecule has 0 spiro atoms. The Bertz CT molecular complexity index is 944. The number of carbonyl (C=O) groups is 3. The molecule has 0 aromatic heterocycles. The molecule has 0 N–H and O–H groups in total. The van der Waals surface area contributed by atoms with E-state index in [4.69, 9.17) is 14.2 Å². The van der Waals surface area contributed by atoms with E-state index in [9.17, 15) is 14.4 Å². The lowest BCUT2D eigenvalue weighted by atomic mass is 10.1. The number of allylic oxidation sites excluding steroid dienone is 6. The van der Waals surface area contributed by atoms with Crippen LogP contribution in [0.2, 0.25) is 0 Å². The van der Waals surface area contributed by atoms with Crippen LogP contribution in [0.25, 0.3) is 0 Å². The third-order valence-electron chi connectivity index (χ3n) is 11.1. The predicted octanol–water partition coefficient (Wildman–Crippen LogP) is 16.5. The molecule has 59 heavy (non-hydrogen) atoms. The van der Waals surface area contributed by atoms with E-state index in [0.29, 0.717) is 19.3 Å². The molecule has 0 unspecified atom stereocenters. The zero-order chi connectivity index (χ0) is 43.0. The molecule has 0 amide bonds. The van der Waals surface area contributed by atoms with Crippen molar-refractivity contribution in [3.8, 4) is 0 Å². The Morgan fingerprint density at radius 2 is 0.576 bits per heavy atom. The van der Waals surface area contributed by atoms with Crippen LogP contribution < -0.4 is 0 Å². The quantitative estimate of drug-likeness (QED) is 0.0263. The smallest absolute Gasteiger partial charge is 0.306 e. The number of hydrogen-bond acceptors (Lipinski definition) is 6. The lowest BCUT2D eigenvalue weighted by Crippen LogP contribution is -2.30. The van der Waals surface area contributed by atoms with Gasteiger partial charge in [0, 0.05) is 19.3 Å².